The number of aliphatic carboxylic acids is 1. The van der Waals surface area contributed by atoms with Gasteiger partial charge in [0.05, 0.1) is 24.8 Å². The number of benzene rings is 1. The van der Waals surface area contributed by atoms with Crippen molar-refractivity contribution >= 4 is 13.6 Å². The van der Waals surface area contributed by atoms with Crippen molar-refractivity contribution in [2.45, 2.75) is 31.8 Å². The van der Waals surface area contributed by atoms with E-state index in [1.165, 1.54) is 0 Å². The summed E-state index contributed by atoms with van der Waals surface area (Å²) in [6, 6.07) is 7.29. The molecule has 1 aromatic carbocycles. The van der Waals surface area contributed by atoms with Crippen molar-refractivity contribution in [3.63, 3.8) is 0 Å². The van der Waals surface area contributed by atoms with Crippen LogP contribution in [0.2, 0.25) is 0 Å². The van der Waals surface area contributed by atoms with Crippen molar-refractivity contribution in [3.8, 4) is 0 Å². The topological polar surface area (TPSA) is 72.8 Å². The molecule has 0 amide bonds. The Morgan fingerprint density at radius 3 is 2.45 bits per heavy atom. The van der Waals surface area contributed by atoms with E-state index in [0.717, 1.165) is 5.56 Å². The first-order chi connectivity index (χ1) is 9.53. The van der Waals surface area contributed by atoms with Crippen LogP contribution in [0.3, 0.4) is 0 Å². The number of carbonyl (C=O) groups is 1. The first-order valence-electron chi connectivity index (χ1n) is 6.73. The Morgan fingerprint density at radius 1 is 1.30 bits per heavy atom. The molecule has 2 atom stereocenters. The average Bonchev–Trinajstić information content (AvgIpc) is 2.79. The van der Waals surface area contributed by atoms with E-state index >= 15 is 0 Å². The zero-order valence-electron chi connectivity index (χ0n) is 11.6. The van der Waals surface area contributed by atoms with Gasteiger partial charge in [-0.1, -0.05) is 24.3 Å². The Hall–Kier alpha value is -1.16. The quantitative estimate of drug-likeness (QED) is 0.817. The molecule has 1 aromatic rings. The van der Waals surface area contributed by atoms with Crippen molar-refractivity contribution in [2.24, 2.45) is 0 Å². The summed E-state index contributed by atoms with van der Waals surface area (Å²) in [5.41, 5.74) is 0.964. The molecule has 0 unspecified atom stereocenters. The highest BCUT2D eigenvalue weighted by Gasteiger charge is 2.49. The Balaban J connectivity index is 2.42. The smallest absolute Gasteiger partial charge is 0.335 e. The fourth-order valence-corrected chi connectivity index (χ4v) is 5.01. The van der Waals surface area contributed by atoms with Gasteiger partial charge in [0.1, 0.15) is 0 Å². The van der Waals surface area contributed by atoms with Crippen LogP contribution in [0.1, 0.15) is 30.9 Å². The third-order valence-electron chi connectivity index (χ3n) is 3.49. The Morgan fingerprint density at radius 2 is 1.90 bits per heavy atom. The summed E-state index contributed by atoms with van der Waals surface area (Å²) in [7, 11) is -3.44. The molecule has 0 spiro atoms. The monoisotopic (exact) mass is 298 g/mol. The molecule has 0 saturated carbocycles. The maximum Gasteiger partial charge on any atom is 0.335 e. The Bertz CT molecular complexity index is 532. The molecule has 0 bridgehead atoms. The molecule has 5 nitrogen and oxygen atoms in total. The third kappa shape index (κ3) is 2.66. The van der Waals surface area contributed by atoms with Crippen molar-refractivity contribution < 1.29 is 23.5 Å². The lowest BCUT2D eigenvalue weighted by Crippen LogP contribution is -2.24. The number of carboxylic acid groups (broad SMARTS) is 1. The predicted molar refractivity (Wildman–Crippen MR) is 75.2 cm³/mol. The lowest BCUT2D eigenvalue weighted by molar-refractivity contribution is -0.138. The second kappa shape index (κ2) is 6.08. The standard InChI is InChI=1S/C14H19O5P/c1-3-18-20(17,19-4-2)12-9-10-7-5-6-8-11(10)13(12)14(15)16/h5-8,12-13H,3-4,9H2,1-2H3,(H,15,16)/t12-,13+/m0/s1. The Labute approximate surface area is 118 Å². The summed E-state index contributed by atoms with van der Waals surface area (Å²) in [6.07, 6.45) is 0.407. The fraction of sp³-hybridized carbons (Fsp3) is 0.500. The van der Waals surface area contributed by atoms with E-state index in [1.54, 1.807) is 26.0 Å². The minimum absolute atomic E-state index is 0.233. The SMILES string of the molecule is CCOP(=O)(OCC)[C@H]1Cc2ccccc2[C@H]1C(=O)O. The van der Waals surface area contributed by atoms with Gasteiger partial charge in [0.15, 0.2) is 0 Å². The first-order valence-corrected chi connectivity index (χ1v) is 8.34. The molecule has 0 heterocycles. The maximum absolute atomic E-state index is 12.9. The van der Waals surface area contributed by atoms with Crippen LogP contribution in [-0.2, 0) is 24.8 Å². The van der Waals surface area contributed by atoms with E-state index in [9.17, 15) is 14.5 Å². The van der Waals surface area contributed by atoms with Gasteiger partial charge < -0.3 is 14.2 Å². The largest absolute Gasteiger partial charge is 0.481 e. The summed E-state index contributed by atoms with van der Waals surface area (Å²) < 4.78 is 23.6. The summed E-state index contributed by atoms with van der Waals surface area (Å²) in [5.74, 6) is -1.82. The van der Waals surface area contributed by atoms with Gasteiger partial charge in [0, 0.05) is 0 Å². The summed E-state index contributed by atoms with van der Waals surface area (Å²) >= 11 is 0. The molecule has 1 aliphatic rings. The van der Waals surface area contributed by atoms with Crippen molar-refractivity contribution in [3.05, 3.63) is 35.4 Å². The lowest BCUT2D eigenvalue weighted by Gasteiger charge is -2.26. The Kier molecular flexibility index (Phi) is 4.63. The fourth-order valence-electron chi connectivity index (χ4n) is 2.75. The van der Waals surface area contributed by atoms with Gasteiger partial charge in [-0.2, -0.15) is 0 Å². The van der Waals surface area contributed by atoms with Crippen LogP contribution in [0.4, 0.5) is 0 Å². The molecular formula is C14H19O5P. The van der Waals surface area contributed by atoms with E-state index in [4.69, 9.17) is 9.05 Å². The van der Waals surface area contributed by atoms with Crippen LogP contribution in [0.25, 0.3) is 0 Å². The highest BCUT2D eigenvalue weighted by Crippen LogP contribution is 2.61. The first kappa shape index (κ1) is 15.2. The number of fused-ring (bicyclic) bond motifs is 1. The van der Waals surface area contributed by atoms with Gasteiger partial charge >= 0.3 is 13.6 Å². The molecular weight excluding hydrogens is 279 g/mol. The number of carboxylic acids is 1. The molecule has 1 aliphatic carbocycles. The molecule has 0 radical (unpaired) electrons. The second-order valence-electron chi connectivity index (χ2n) is 4.66. The molecule has 0 saturated heterocycles. The lowest BCUT2D eigenvalue weighted by atomic mass is 10.0. The average molecular weight is 298 g/mol. The van der Waals surface area contributed by atoms with Crippen molar-refractivity contribution in [1.29, 1.82) is 0 Å². The van der Waals surface area contributed by atoms with E-state index in [1.807, 2.05) is 12.1 Å². The van der Waals surface area contributed by atoms with Crippen LogP contribution >= 0.6 is 7.60 Å². The van der Waals surface area contributed by atoms with Gasteiger partial charge in [-0.05, 0) is 31.4 Å². The second-order valence-corrected chi connectivity index (χ2v) is 6.92. The minimum Gasteiger partial charge on any atom is -0.481 e. The zero-order chi connectivity index (χ0) is 14.8. The van der Waals surface area contributed by atoms with Crippen LogP contribution in [0, 0.1) is 0 Å². The van der Waals surface area contributed by atoms with Crippen molar-refractivity contribution in [2.75, 3.05) is 13.2 Å². The van der Waals surface area contributed by atoms with Gasteiger partial charge in [-0.25, -0.2) is 0 Å². The van der Waals surface area contributed by atoms with Crippen LogP contribution < -0.4 is 0 Å². The highest BCUT2D eigenvalue weighted by atomic mass is 31.2. The van der Waals surface area contributed by atoms with Crippen LogP contribution in [0.5, 0.6) is 0 Å². The summed E-state index contributed by atoms with van der Waals surface area (Å²) in [6.45, 7) is 3.92. The molecule has 20 heavy (non-hydrogen) atoms. The minimum atomic E-state index is -3.44. The van der Waals surface area contributed by atoms with Crippen LogP contribution in [0.15, 0.2) is 24.3 Å². The summed E-state index contributed by atoms with van der Waals surface area (Å²) in [5, 5.41) is 9.50. The van der Waals surface area contributed by atoms with Gasteiger partial charge in [-0.3, -0.25) is 9.36 Å². The predicted octanol–water partition coefficient (Wildman–Crippen LogP) is 3.05. The molecule has 0 aromatic heterocycles. The van der Waals surface area contributed by atoms with Gasteiger partial charge in [0.25, 0.3) is 0 Å². The highest BCUT2D eigenvalue weighted by molar-refractivity contribution is 7.54. The number of hydrogen-bond acceptors (Lipinski definition) is 4. The van der Waals surface area contributed by atoms with E-state index in [2.05, 4.69) is 0 Å². The normalized spacial score (nSPS) is 21.7. The van der Waals surface area contributed by atoms with E-state index in [0.29, 0.717) is 12.0 Å². The number of hydrogen-bond donors (Lipinski definition) is 1. The van der Waals surface area contributed by atoms with Gasteiger partial charge in [-0.15, -0.1) is 0 Å². The van der Waals surface area contributed by atoms with Crippen LogP contribution in [-0.4, -0.2) is 29.9 Å². The van der Waals surface area contributed by atoms with Gasteiger partial charge in [0.2, 0.25) is 0 Å². The molecule has 0 fully saturated rings. The van der Waals surface area contributed by atoms with E-state index < -0.39 is 25.1 Å². The molecule has 110 valence electrons. The zero-order valence-corrected chi connectivity index (χ0v) is 12.5. The third-order valence-corrected chi connectivity index (χ3v) is 6.02. The van der Waals surface area contributed by atoms with E-state index in [-0.39, 0.29) is 13.2 Å². The molecule has 2 rings (SSSR count). The number of rotatable bonds is 6. The maximum atomic E-state index is 12.9. The summed E-state index contributed by atoms with van der Waals surface area (Å²) in [4.78, 5) is 11.6. The van der Waals surface area contributed by atoms with Crippen molar-refractivity contribution in [1.82, 2.24) is 0 Å². The molecule has 0 aliphatic heterocycles. The molecule has 6 heteroatoms. The molecule has 1 N–H and O–H groups in total.